The van der Waals surface area contributed by atoms with Crippen LogP contribution in [-0.2, 0) is 0 Å². The maximum Gasteiger partial charge on any atom is 0.204 e. The van der Waals surface area contributed by atoms with Crippen LogP contribution in [0.2, 0.25) is 0 Å². The summed E-state index contributed by atoms with van der Waals surface area (Å²) in [6.07, 6.45) is 1.75. The predicted octanol–water partition coefficient (Wildman–Crippen LogP) is -0.761. The van der Waals surface area contributed by atoms with E-state index in [4.69, 9.17) is 17.3 Å². The van der Waals surface area contributed by atoms with E-state index in [9.17, 15) is 0 Å². The third-order valence-corrected chi connectivity index (χ3v) is 1.28. The molecule has 0 saturated heterocycles. The van der Waals surface area contributed by atoms with E-state index >= 15 is 0 Å². The number of hydrazine groups is 1. The zero-order valence-corrected chi connectivity index (χ0v) is 7.09. The summed E-state index contributed by atoms with van der Waals surface area (Å²) in [7, 11) is 0. The third-order valence-electron chi connectivity index (χ3n) is 1.28. The number of guanidine groups is 1. The third kappa shape index (κ3) is 4.58. The van der Waals surface area contributed by atoms with E-state index in [0.717, 1.165) is 12.8 Å². The van der Waals surface area contributed by atoms with Gasteiger partial charge in [0.25, 0.3) is 0 Å². The van der Waals surface area contributed by atoms with E-state index in [2.05, 4.69) is 10.4 Å². The molecule has 66 valence electrons. The highest BCUT2D eigenvalue weighted by molar-refractivity contribution is 5.77. The van der Waals surface area contributed by atoms with Gasteiger partial charge in [0.15, 0.2) is 0 Å². The first-order chi connectivity index (χ1) is 5.02. The van der Waals surface area contributed by atoms with Crippen LogP contribution < -0.4 is 22.7 Å². The number of nitrogens with zero attached hydrogens (tertiary/aromatic N) is 1. The SMILES string of the molecule is CCCC(C)(N)N=C(N)NN. The highest BCUT2D eigenvalue weighted by Gasteiger charge is 2.14. The molecule has 5 heteroatoms. The smallest absolute Gasteiger partial charge is 0.204 e. The topological polar surface area (TPSA) is 102 Å². The van der Waals surface area contributed by atoms with Crippen LogP contribution in [0, 0.1) is 0 Å². The number of hydrogen-bond donors (Lipinski definition) is 4. The number of nitrogens with one attached hydrogen (secondary N) is 1. The lowest BCUT2D eigenvalue weighted by atomic mass is 10.1. The van der Waals surface area contributed by atoms with Crippen LogP contribution >= 0.6 is 0 Å². The number of hydrogen-bond acceptors (Lipinski definition) is 3. The van der Waals surface area contributed by atoms with Crippen LogP contribution in [-0.4, -0.2) is 11.6 Å². The second-order valence-corrected chi connectivity index (χ2v) is 2.75. The van der Waals surface area contributed by atoms with Gasteiger partial charge in [-0.3, -0.25) is 5.43 Å². The molecule has 0 radical (unpaired) electrons. The van der Waals surface area contributed by atoms with E-state index < -0.39 is 5.66 Å². The molecule has 0 rings (SSSR count). The Morgan fingerprint density at radius 3 is 2.55 bits per heavy atom. The first-order valence-corrected chi connectivity index (χ1v) is 3.62. The van der Waals surface area contributed by atoms with Gasteiger partial charge in [-0.05, 0) is 13.3 Å². The molecule has 0 aromatic rings. The number of nitrogens with two attached hydrogens (primary N) is 3. The lowest BCUT2D eigenvalue weighted by Gasteiger charge is -2.18. The Labute approximate surface area is 67.0 Å². The first-order valence-electron chi connectivity index (χ1n) is 3.62. The van der Waals surface area contributed by atoms with E-state index in [1.165, 1.54) is 0 Å². The van der Waals surface area contributed by atoms with E-state index in [1.807, 2.05) is 6.92 Å². The van der Waals surface area contributed by atoms with Crippen molar-refractivity contribution in [3.63, 3.8) is 0 Å². The Bertz CT molecular complexity index is 140. The van der Waals surface area contributed by atoms with Gasteiger partial charge in [-0.25, -0.2) is 10.8 Å². The summed E-state index contributed by atoms with van der Waals surface area (Å²) < 4.78 is 0. The average molecular weight is 159 g/mol. The molecule has 1 atom stereocenters. The van der Waals surface area contributed by atoms with Crippen LogP contribution in [0.15, 0.2) is 4.99 Å². The van der Waals surface area contributed by atoms with Crippen LogP contribution in [0.3, 0.4) is 0 Å². The van der Waals surface area contributed by atoms with Gasteiger partial charge < -0.3 is 11.5 Å². The molecule has 0 aliphatic heterocycles. The predicted molar refractivity (Wildman–Crippen MR) is 46.4 cm³/mol. The Morgan fingerprint density at radius 2 is 2.18 bits per heavy atom. The number of rotatable bonds is 3. The van der Waals surface area contributed by atoms with Crippen molar-refractivity contribution in [3.05, 3.63) is 0 Å². The molecule has 0 aromatic heterocycles. The molecule has 0 fully saturated rings. The monoisotopic (exact) mass is 159 g/mol. The van der Waals surface area contributed by atoms with Gasteiger partial charge in [-0.2, -0.15) is 0 Å². The molecule has 0 saturated carbocycles. The van der Waals surface area contributed by atoms with Crippen molar-refractivity contribution in [1.82, 2.24) is 5.43 Å². The lowest BCUT2D eigenvalue weighted by Crippen LogP contribution is -2.43. The summed E-state index contributed by atoms with van der Waals surface area (Å²) in [5.74, 6) is 5.18. The Kier molecular flexibility index (Phi) is 3.84. The molecule has 7 N–H and O–H groups in total. The minimum absolute atomic E-state index is 0.170. The molecule has 0 amide bonds. The van der Waals surface area contributed by atoms with Crippen molar-refractivity contribution in [2.75, 3.05) is 0 Å². The summed E-state index contributed by atoms with van der Waals surface area (Å²) in [6.45, 7) is 3.84. The highest BCUT2D eigenvalue weighted by atomic mass is 15.3. The van der Waals surface area contributed by atoms with Gasteiger partial charge in [-0.1, -0.05) is 13.3 Å². The molecule has 5 nitrogen and oxygen atoms in total. The largest absolute Gasteiger partial charge is 0.369 e. The van der Waals surface area contributed by atoms with E-state index in [-0.39, 0.29) is 5.96 Å². The quantitative estimate of drug-likeness (QED) is 0.188. The van der Waals surface area contributed by atoms with Crippen molar-refractivity contribution < 1.29 is 0 Å². The molecule has 1 unspecified atom stereocenters. The minimum Gasteiger partial charge on any atom is -0.369 e. The van der Waals surface area contributed by atoms with Crippen LogP contribution in [0.4, 0.5) is 0 Å². The summed E-state index contributed by atoms with van der Waals surface area (Å²) in [6, 6.07) is 0. The second kappa shape index (κ2) is 4.15. The van der Waals surface area contributed by atoms with Crippen molar-refractivity contribution in [1.29, 1.82) is 0 Å². The van der Waals surface area contributed by atoms with Crippen molar-refractivity contribution >= 4 is 5.96 Å². The first kappa shape index (κ1) is 10.2. The molecule has 0 spiro atoms. The minimum atomic E-state index is -0.606. The van der Waals surface area contributed by atoms with Gasteiger partial charge in [0.1, 0.15) is 5.66 Å². The number of aliphatic imine (C=N–C) groups is 1. The Morgan fingerprint density at radius 1 is 1.64 bits per heavy atom. The van der Waals surface area contributed by atoms with Crippen molar-refractivity contribution in [3.8, 4) is 0 Å². The highest BCUT2D eigenvalue weighted by Crippen LogP contribution is 2.08. The summed E-state index contributed by atoms with van der Waals surface area (Å²) in [5.41, 5.74) is 12.7. The molecule has 11 heavy (non-hydrogen) atoms. The van der Waals surface area contributed by atoms with Gasteiger partial charge in [0.2, 0.25) is 5.96 Å². The summed E-state index contributed by atoms with van der Waals surface area (Å²) in [5, 5.41) is 0. The fourth-order valence-electron chi connectivity index (χ4n) is 0.869. The maximum atomic E-state index is 5.74. The Hall–Kier alpha value is -0.810. The molecular formula is C6H17N5. The summed E-state index contributed by atoms with van der Waals surface area (Å²) >= 11 is 0. The fourth-order valence-corrected chi connectivity index (χ4v) is 0.869. The average Bonchev–Trinajstić information content (AvgIpc) is 1.86. The lowest BCUT2D eigenvalue weighted by molar-refractivity contribution is 0.446. The van der Waals surface area contributed by atoms with Gasteiger partial charge in [0, 0.05) is 0 Å². The molecule has 0 aromatic carbocycles. The van der Waals surface area contributed by atoms with Crippen LogP contribution in [0.1, 0.15) is 26.7 Å². The normalized spacial score (nSPS) is 17.6. The van der Waals surface area contributed by atoms with E-state index in [1.54, 1.807) is 6.92 Å². The standard InChI is InChI=1S/C6H17N5/c1-3-4-6(2,8)10-5(7)11-9/h3-4,8-9H2,1-2H3,(H3,7,10,11). The zero-order valence-electron chi connectivity index (χ0n) is 7.09. The van der Waals surface area contributed by atoms with Gasteiger partial charge in [-0.15, -0.1) is 0 Å². The molecular weight excluding hydrogens is 142 g/mol. The fraction of sp³-hybridized carbons (Fsp3) is 0.833. The molecule has 0 aliphatic carbocycles. The zero-order chi connectivity index (χ0) is 8.91. The second-order valence-electron chi connectivity index (χ2n) is 2.75. The van der Waals surface area contributed by atoms with Crippen molar-refractivity contribution in [2.45, 2.75) is 32.4 Å². The molecule has 0 aliphatic rings. The van der Waals surface area contributed by atoms with Crippen LogP contribution in [0.5, 0.6) is 0 Å². The van der Waals surface area contributed by atoms with Crippen LogP contribution in [0.25, 0.3) is 0 Å². The molecule has 0 heterocycles. The van der Waals surface area contributed by atoms with Crippen molar-refractivity contribution in [2.24, 2.45) is 22.3 Å². The van der Waals surface area contributed by atoms with Gasteiger partial charge in [0.05, 0.1) is 0 Å². The van der Waals surface area contributed by atoms with E-state index in [0.29, 0.717) is 0 Å². The summed E-state index contributed by atoms with van der Waals surface area (Å²) in [4.78, 5) is 3.95. The molecule has 0 bridgehead atoms. The van der Waals surface area contributed by atoms with Gasteiger partial charge >= 0.3 is 0 Å². The Balaban J connectivity index is 4.08. The maximum absolute atomic E-state index is 5.74.